The Hall–Kier alpha value is -1.87. The monoisotopic (exact) mass is 313 g/mol. The van der Waals surface area contributed by atoms with Crippen LogP contribution in [0.2, 0.25) is 0 Å². The number of ether oxygens (including phenoxy) is 1. The molecule has 0 radical (unpaired) electrons. The molecule has 2 nitrogen and oxygen atoms in total. The maximum absolute atomic E-state index is 12.9. The van der Waals surface area contributed by atoms with E-state index >= 15 is 0 Å². The van der Waals surface area contributed by atoms with Crippen LogP contribution in [0.3, 0.4) is 0 Å². The first-order valence-electron chi connectivity index (χ1n) is 8.46. The third-order valence-corrected chi connectivity index (χ3v) is 4.58. The van der Waals surface area contributed by atoms with E-state index in [4.69, 9.17) is 4.74 Å². The molecule has 1 unspecified atom stereocenters. The smallest absolute Gasteiger partial charge is 0.127 e. The van der Waals surface area contributed by atoms with Crippen molar-refractivity contribution in [2.24, 2.45) is 0 Å². The lowest BCUT2D eigenvalue weighted by Gasteiger charge is -2.18. The van der Waals surface area contributed by atoms with Crippen molar-refractivity contribution in [3.8, 4) is 11.5 Å². The summed E-state index contributed by atoms with van der Waals surface area (Å²) < 4.78 is 18.6. The van der Waals surface area contributed by atoms with Gasteiger partial charge in [-0.05, 0) is 86.8 Å². The van der Waals surface area contributed by atoms with Gasteiger partial charge >= 0.3 is 0 Å². The lowest BCUT2D eigenvalue weighted by atomic mass is 9.97. The second-order valence-electron chi connectivity index (χ2n) is 6.36. The van der Waals surface area contributed by atoms with E-state index in [-0.39, 0.29) is 5.82 Å². The second-order valence-corrected chi connectivity index (χ2v) is 6.36. The van der Waals surface area contributed by atoms with Gasteiger partial charge in [-0.15, -0.1) is 0 Å². The van der Waals surface area contributed by atoms with Crippen molar-refractivity contribution in [2.45, 2.75) is 32.1 Å². The minimum absolute atomic E-state index is 0.250. The van der Waals surface area contributed by atoms with Gasteiger partial charge in [0.15, 0.2) is 0 Å². The number of benzene rings is 2. The normalized spacial score (nSPS) is 16.4. The Balaban J connectivity index is 1.54. The van der Waals surface area contributed by atoms with Crippen LogP contribution >= 0.6 is 0 Å². The lowest BCUT2D eigenvalue weighted by molar-refractivity contribution is 0.324. The van der Waals surface area contributed by atoms with E-state index in [1.807, 2.05) is 12.1 Å². The molecule has 122 valence electrons. The predicted octanol–water partition coefficient (Wildman–Crippen LogP) is 5.21. The Morgan fingerprint density at radius 1 is 0.957 bits per heavy atom. The van der Waals surface area contributed by atoms with Crippen LogP contribution < -0.4 is 4.74 Å². The number of hydrogen-bond acceptors (Lipinski definition) is 2. The van der Waals surface area contributed by atoms with Crippen LogP contribution in [-0.2, 0) is 0 Å². The van der Waals surface area contributed by atoms with Crippen LogP contribution in [0.5, 0.6) is 11.5 Å². The zero-order valence-corrected chi connectivity index (χ0v) is 13.7. The van der Waals surface area contributed by atoms with Crippen LogP contribution in [0.15, 0.2) is 48.5 Å². The standard InChI is InChI=1S/C20H24FNO/c1-16(12-15-22-13-2-3-14-22)17-4-8-19(9-5-17)23-20-10-6-18(21)7-11-20/h4-11,16H,2-3,12-15H2,1H3. The molecule has 0 amide bonds. The van der Waals surface area contributed by atoms with Crippen LogP contribution in [0.4, 0.5) is 4.39 Å². The molecule has 0 spiro atoms. The van der Waals surface area contributed by atoms with E-state index < -0.39 is 0 Å². The summed E-state index contributed by atoms with van der Waals surface area (Å²) in [4.78, 5) is 2.56. The van der Waals surface area contributed by atoms with Gasteiger partial charge in [0.2, 0.25) is 0 Å². The van der Waals surface area contributed by atoms with Crippen LogP contribution in [0.25, 0.3) is 0 Å². The lowest BCUT2D eigenvalue weighted by Crippen LogP contribution is -2.21. The van der Waals surface area contributed by atoms with Gasteiger partial charge in [0.05, 0.1) is 0 Å². The summed E-state index contributed by atoms with van der Waals surface area (Å²) in [5.74, 6) is 1.74. The zero-order chi connectivity index (χ0) is 16.1. The summed E-state index contributed by atoms with van der Waals surface area (Å²) in [5.41, 5.74) is 1.34. The van der Waals surface area contributed by atoms with Gasteiger partial charge in [-0.25, -0.2) is 4.39 Å². The van der Waals surface area contributed by atoms with Gasteiger partial charge in [0.25, 0.3) is 0 Å². The van der Waals surface area contributed by atoms with Crippen molar-refractivity contribution in [2.75, 3.05) is 19.6 Å². The molecule has 1 aliphatic rings. The summed E-state index contributed by atoms with van der Waals surface area (Å²) in [6, 6.07) is 14.3. The average molecular weight is 313 g/mol. The van der Waals surface area contributed by atoms with Crippen LogP contribution in [0.1, 0.15) is 37.7 Å². The summed E-state index contributed by atoms with van der Waals surface area (Å²) in [5, 5.41) is 0. The van der Waals surface area contributed by atoms with Crippen molar-refractivity contribution in [3.05, 3.63) is 59.9 Å². The second kappa shape index (κ2) is 7.60. The first-order valence-corrected chi connectivity index (χ1v) is 8.46. The molecule has 0 aromatic heterocycles. The molecule has 0 saturated carbocycles. The highest BCUT2D eigenvalue weighted by molar-refractivity contribution is 5.34. The molecule has 1 atom stereocenters. The van der Waals surface area contributed by atoms with Crippen LogP contribution in [0, 0.1) is 5.82 Å². The molecule has 3 rings (SSSR count). The Labute approximate surface area is 137 Å². The maximum atomic E-state index is 12.9. The molecular weight excluding hydrogens is 289 g/mol. The minimum Gasteiger partial charge on any atom is -0.457 e. The molecule has 1 fully saturated rings. The van der Waals surface area contributed by atoms with Gasteiger partial charge in [-0.1, -0.05) is 19.1 Å². The van der Waals surface area contributed by atoms with E-state index in [0.29, 0.717) is 11.7 Å². The summed E-state index contributed by atoms with van der Waals surface area (Å²) in [7, 11) is 0. The van der Waals surface area contributed by atoms with Gasteiger partial charge in [-0.2, -0.15) is 0 Å². The van der Waals surface area contributed by atoms with Gasteiger partial charge in [0, 0.05) is 0 Å². The fourth-order valence-electron chi connectivity index (χ4n) is 3.05. The van der Waals surface area contributed by atoms with E-state index in [0.717, 1.165) is 5.75 Å². The number of hydrogen-bond donors (Lipinski definition) is 0. The maximum Gasteiger partial charge on any atom is 0.127 e. The zero-order valence-electron chi connectivity index (χ0n) is 13.7. The third-order valence-electron chi connectivity index (χ3n) is 4.58. The Kier molecular flexibility index (Phi) is 5.29. The number of nitrogens with zero attached hydrogens (tertiary/aromatic N) is 1. The van der Waals surface area contributed by atoms with Crippen molar-refractivity contribution >= 4 is 0 Å². The Bertz CT molecular complexity index is 603. The molecule has 1 heterocycles. The molecule has 1 saturated heterocycles. The predicted molar refractivity (Wildman–Crippen MR) is 91.6 cm³/mol. The number of rotatable bonds is 6. The molecule has 3 heteroatoms. The SMILES string of the molecule is CC(CCN1CCCC1)c1ccc(Oc2ccc(F)cc2)cc1. The van der Waals surface area contributed by atoms with E-state index in [1.165, 1.54) is 56.6 Å². The highest BCUT2D eigenvalue weighted by atomic mass is 19.1. The van der Waals surface area contributed by atoms with E-state index in [9.17, 15) is 4.39 Å². The van der Waals surface area contributed by atoms with E-state index in [1.54, 1.807) is 12.1 Å². The van der Waals surface area contributed by atoms with Crippen molar-refractivity contribution < 1.29 is 9.13 Å². The molecule has 0 aliphatic carbocycles. The molecule has 0 N–H and O–H groups in total. The topological polar surface area (TPSA) is 12.5 Å². The number of halogens is 1. The van der Waals surface area contributed by atoms with Gasteiger partial charge in [-0.3, -0.25) is 0 Å². The molecule has 0 bridgehead atoms. The fraction of sp³-hybridized carbons (Fsp3) is 0.400. The molecule has 2 aromatic carbocycles. The largest absolute Gasteiger partial charge is 0.457 e. The first kappa shape index (κ1) is 16.0. The molecule has 1 aliphatic heterocycles. The average Bonchev–Trinajstić information content (AvgIpc) is 3.09. The fourth-order valence-corrected chi connectivity index (χ4v) is 3.05. The number of likely N-dealkylation sites (tertiary alicyclic amines) is 1. The van der Waals surface area contributed by atoms with Crippen molar-refractivity contribution in [1.29, 1.82) is 0 Å². The molecule has 2 aromatic rings. The summed E-state index contributed by atoms with van der Waals surface area (Å²) in [6.07, 6.45) is 3.89. The quantitative estimate of drug-likeness (QED) is 0.726. The first-order chi connectivity index (χ1) is 11.2. The van der Waals surface area contributed by atoms with E-state index in [2.05, 4.69) is 24.0 Å². The Morgan fingerprint density at radius 3 is 2.13 bits per heavy atom. The molecular formula is C20H24FNO. The van der Waals surface area contributed by atoms with Crippen molar-refractivity contribution in [1.82, 2.24) is 4.90 Å². The van der Waals surface area contributed by atoms with Crippen molar-refractivity contribution in [3.63, 3.8) is 0 Å². The summed E-state index contributed by atoms with van der Waals surface area (Å²) in [6.45, 7) is 6.00. The highest BCUT2D eigenvalue weighted by Crippen LogP contribution is 2.26. The van der Waals surface area contributed by atoms with Gasteiger partial charge < -0.3 is 9.64 Å². The van der Waals surface area contributed by atoms with Gasteiger partial charge in [0.1, 0.15) is 17.3 Å². The van der Waals surface area contributed by atoms with Crippen LogP contribution in [-0.4, -0.2) is 24.5 Å². The highest BCUT2D eigenvalue weighted by Gasteiger charge is 2.13. The minimum atomic E-state index is -0.250. The summed E-state index contributed by atoms with van der Waals surface area (Å²) >= 11 is 0. The third kappa shape index (κ3) is 4.55. The Morgan fingerprint density at radius 2 is 1.52 bits per heavy atom. The molecule has 23 heavy (non-hydrogen) atoms.